The molecule has 0 fully saturated rings. The van der Waals surface area contributed by atoms with Crippen LogP contribution in [0.25, 0.3) is 0 Å². The van der Waals surface area contributed by atoms with Crippen LogP contribution in [0.2, 0.25) is 0 Å². The first-order chi connectivity index (χ1) is 8.33. The normalized spacial score (nSPS) is 11.3. The number of amides is 1. The number of nitrogens with zero attached hydrogens (tertiary/aromatic N) is 1. The van der Waals surface area contributed by atoms with Crippen LogP contribution >= 0.6 is 0 Å². The zero-order valence-corrected chi connectivity index (χ0v) is 9.33. The molecule has 0 saturated heterocycles. The lowest BCUT2D eigenvalue weighted by molar-refractivity contribution is -0.138. The van der Waals surface area contributed by atoms with Gasteiger partial charge in [0.15, 0.2) is 0 Å². The molecule has 0 saturated carbocycles. The van der Waals surface area contributed by atoms with Crippen molar-refractivity contribution in [3.63, 3.8) is 0 Å². The number of aromatic nitrogens is 1. The summed E-state index contributed by atoms with van der Waals surface area (Å²) in [7, 11) is 0. The zero-order chi connectivity index (χ0) is 13.8. The van der Waals surface area contributed by atoms with Gasteiger partial charge in [-0.3, -0.25) is 9.59 Å². The Morgan fingerprint density at radius 1 is 1.44 bits per heavy atom. The van der Waals surface area contributed by atoms with Crippen molar-refractivity contribution in [3.8, 4) is 0 Å². The van der Waals surface area contributed by atoms with E-state index in [9.17, 15) is 22.8 Å². The van der Waals surface area contributed by atoms with E-state index in [2.05, 4.69) is 0 Å². The second-order valence-electron chi connectivity index (χ2n) is 3.56. The van der Waals surface area contributed by atoms with Crippen molar-refractivity contribution in [2.75, 3.05) is 6.54 Å². The van der Waals surface area contributed by atoms with Gasteiger partial charge in [-0.05, 0) is 6.07 Å². The number of hydrogen-bond donors (Lipinski definition) is 2. The van der Waals surface area contributed by atoms with Crippen LogP contribution in [0.15, 0.2) is 23.1 Å². The molecule has 0 radical (unpaired) electrons. The van der Waals surface area contributed by atoms with Crippen LogP contribution in [0.5, 0.6) is 0 Å². The maximum absolute atomic E-state index is 11.9. The zero-order valence-electron chi connectivity index (χ0n) is 9.33. The van der Waals surface area contributed by atoms with Gasteiger partial charge >= 0.3 is 6.18 Å². The molecule has 0 spiro atoms. The van der Waals surface area contributed by atoms with E-state index in [1.165, 1.54) is 18.3 Å². The summed E-state index contributed by atoms with van der Waals surface area (Å²) in [6.07, 6.45) is -3.16. The first kappa shape index (κ1) is 14.2. The average Bonchev–Trinajstić information content (AvgIpc) is 2.28. The third-order valence-electron chi connectivity index (χ3n) is 2.12. The molecule has 3 N–H and O–H groups in total. The van der Waals surface area contributed by atoms with Crippen molar-refractivity contribution in [3.05, 3.63) is 34.2 Å². The van der Waals surface area contributed by atoms with Crippen LogP contribution < -0.4 is 16.6 Å². The number of carbonyl (C=O) groups is 1. The Labute approximate surface area is 100 Å². The molecule has 0 aliphatic carbocycles. The summed E-state index contributed by atoms with van der Waals surface area (Å²) in [5.41, 5.74) is 5.11. The molecule has 18 heavy (non-hydrogen) atoms. The highest BCUT2D eigenvalue weighted by molar-refractivity contribution is 5.75. The van der Waals surface area contributed by atoms with Gasteiger partial charge in [-0.2, -0.15) is 13.2 Å². The first-order valence-corrected chi connectivity index (χ1v) is 5.05. The molecular weight excluding hydrogens is 251 g/mol. The fourth-order valence-electron chi connectivity index (χ4n) is 1.28. The average molecular weight is 263 g/mol. The summed E-state index contributed by atoms with van der Waals surface area (Å²) in [5.74, 6) is -0.886. The monoisotopic (exact) mass is 263 g/mol. The van der Waals surface area contributed by atoms with E-state index in [0.29, 0.717) is 5.56 Å². The van der Waals surface area contributed by atoms with E-state index in [1.807, 2.05) is 0 Å². The van der Waals surface area contributed by atoms with Gasteiger partial charge in [-0.15, -0.1) is 0 Å². The van der Waals surface area contributed by atoms with Gasteiger partial charge in [0.05, 0.1) is 0 Å². The second kappa shape index (κ2) is 5.67. The van der Waals surface area contributed by atoms with Crippen molar-refractivity contribution in [1.29, 1.82) is 0 Å². The molecule has 0 unspecified atom stereocenters. The number of pyridine rings is 1. The fourth-order valence-corrected chi connectivity index (χ4v) is 1.28. The number of halogens is 3. The second-order valence-corrected chi connectivity index (χ2v) is 3.56. The van der Waals surface area contributed by atoms with Crippen molar-refractivity contribution in [1.82, 2.24) is 9.88 Å². The summed E-state index contributed by atoms with van der Waals surface area (Å²) in [6.45, 7) is -1.89. The SMILES string of the molecule is NCc1cccn(CC(=O)NCC(F)(F)F)c1=O. The van der Waals surface area contributed by atoms with Crippen LogP contribution in [0.3, 0.4) is 0 Å². The third kappa shape index (κ3) is 4.21. The summed E-state index contributed by atoms with van der Waals surface area (Å²) in [5, 5.41) is 1.68. The van der Waals surface area contributed by atoms with Gasteiger partial charge in [0.25, 0.3) is 5.56 Å². The van der Waals surface area contributed by atoms with Gasteiger partial charge in [-0.25, -0.2) is 0 Å². The molecule has 0 bridgehead atoms. The minimum absolute atomic E-state index is 0.00381. The highest BCUT2D eigenvalue weighted by atomic mass is 19.4. The topological polar surface area (TPSA) is 77.1 Å². The lowest BCUT2D eigenvalue weighted by Gasteiger charge is -2.10. The first-order valence-electron chi connectivity index (χ1n) is 5.05. The van der Waals surface area contributed by atoms with Crippen LogP contribution in [-0.4, -0.2) is 23.2 Å². The van der Waals surface area contributed by atoms with Gasteiger partial charge in [0.2, 0.25) is 5.91 Å². The van der Waals surface area contributed by atoms with E-state index in [-0.39, 0.29) is 6.54 Å². The van der Waals surface area contributed by atoms with Gasteiger partial charge in [0.1, 0.15) is 13.1 Å². The maximum atomic E-state index is 11.9. The standard InChI is InChI=1S/C10H12F3N3O2/c11-10(12,13)6-15-8(17)5-16-3-1-2-7(4-14)9(16)18/h1-3H,4-6,14H2,(H,15,17). The summed E-state index contributed by atoms with van der Waals surface area (Å²) >= 11 is 0. The Kier molecular flexibility index (Phi) is 4.49. The van der Waals surface area contributed by atoms with Crippen molar-refractivity contribution in [2.45, 2.75) is 19.3 Å². The predicted molar refractivity (Wildman–Crippen MR) is 57.7 cm³/mol. The van der Waals surface area contributed by atoms with E-state index < -0.39 is 30.7 Å². The fraction of sp³-hybridized carbons (Fsp3) is 0.400. The van der Waals surface area contributed by atoms with E-state index in [4.69, 9.17) is 5.73 Å². The third-order valence-corrected chi connectivity index (χ3v) is 2.12. The van der Waals surface area contributed by atoms with Crippen LogP contribution in [0, 0.1) is 0 Å². The van der Waals surface area contributed by atoms with Crippen LogP contribution in [-0.2, 0) is 17.9 Å². The minimum Gasteiger partial charge on any atom is -0.345 e. The van der Waals surface area contributed by atoms with Crippen molar-refractivity contribution in [2.24, 2.45) is 5.73 Å². The predicted octanol–water partition coefficient (Wildman–Crippen LogP) is -0.0145. The quantitative estimate of drug-likeness (QED) is 0.801. The Morgan fingerprint density at radius 2 is 2.11 bits per heavy atom. The van der Waals surface area contributed by atoms with Crippen LogP contribution in [0.1, 0.15) is 5.56 Å². The molecule has 0 aromatic carbocycles. The molecule has 1 rings (SSSR count). The van der Waals surface area contributed by atoms with Gasteiger partial charge in [0, 0.05) is 18.3 Å². The van der Waals surface area contributed by atoms with Crippen molar-refractivity contribution >= 4 is 5.91 Å². The Morgan fingerprint density at radius 3 is 2.67 bits per heavy atom. The molecule has 1 aromatic rings. The Bertz CT molecular complexity index is 482. The molecule has 1 aromatic heterocycles. The number of alkyl halides is 3. The van der Waals surface area contributed by atoms with Gasteiger partial charge in [-0.1, -0.05) is 6.07 Å². The number of nitrogens with two attached hydrogens (primary N) is 1. The van der Waals surface area contributed by atoms with Crippen molar-refractivity contribution < 1.29 is 18.0 Å². The highest BCUT2D eigenvalue weighted by Gasteiger charge is 2.27. The lowest BCUT2D eigenvalue weighted by atomic mass is 10.3. The number of hydrogen-bond acceptors (Lipinski definition) is 3. The van der Waals surface area contributed by atoms with E-state index in [1.54, 1.807) is 5.32 Å². The Balaban J connectivity index is 2.68. The summed E-state index contributed by atoms with van der Waals surface area (Å²) < 4.78 is 36.6. The van der Waals surface area contributed by atoms with Crippen LogP contribution in [0.4, 0.5) is 13.2 Å². The molecule has 0 atom stereocenters. The smallest absolute Gasteiger partial charge is 0.345 e. The van der Waals surface area contributed by atoms with E-state index >= 15 is 0 Å². The molecule has 1 amide bonds. The largest absolute Gasteiger partial charge is 0.405 e. The molecule has 1 heterocycles. The van der Waals surface area contributed by atoms with E-state index in [0.717, 1.165) is 4.57 Å². The highest BCUT2D eigenvalue weighted by Crippen LogP contribution is 2.11. The minimum atomic E-state index is -4.47. The maximum Gasteiger partial charge on any atom is 0.405 e. The molecular formula is C10H12F3N3O2. The molecule has 100 valence electrons. The Hall–Kier alpha value is -1.83. The summed E-state index contributed by atoms with van der Waals surface area (Å²) in [4.78, 5) is 22.8. The van der Waals surface area contributed by atoms with Gasteiger partial charge < -0.3 is 15.6 Å². The number of rotatable bonds is 4. The molecule has 8 heteroatoms. The molecule has 0 aliphatic heterocycles. The number of nitrogens with one attached hydrogen (secondary N) is 1. The molecule has 0 aliphatic rings. The summed E-state index contributed by atoms with van der Waals surface area (Å²) in [6, 6.07) is 2.99. The lowest BCUT2D eigenvalue weighted by Crippen LogP contribution is -2.38. The number of carbonyl (C=O) groups excluding carboxylic acids is 1. The molecule has 5 nitrogen and oxygen atoms in total.